The van der Waals surface area contributed by atoms with Crippen LogP contribution in [0.15, 0.2) is 24.3 Å². The van der Waals surface area contributed by atoms with Crippen molar-refractivity contribution in [3.63, 3.8) is 0 Å². The van der Waals surface area contributed by atoms with Crippen LogP contribution in [0.1, 0.15) is 38.3 Å². The molecule has 1 aromatic rings. The molecule has 1 aliphatic rings. The molecule has 0 aliphatic carbocycles. The lowest BCUT2D eigenvalue weighted by molar-refractivity contribution is 0.127. The number of benzene rings is 1. The number of anilines is 1. The summed E-state index contributed by atoms with van der Waals surface area (Å²) in [4.78, 5) is 0. The first-order valence-electron chi connectivity index (χ1n) is 7.45. The summed E-state index contributed by atoms with van der Waals surface area (Å²) in [6.45, 7) is 5.71. The molecule has 2 rings (SSSR count). The Labute approximate surface area is 127 Å². The molecule has 0 bridgehead atoms. The van der Waals surface area contributed by atoms with Gasteiger partial charge in [0.1, 0.15) is 0 Å². The highest BCUT2D eigenvalue weighted by atomic mass is 32.2. The largest absolute Gasteiger partial charge is 0.377 e. The molecule has 2 unspecified atom stereocenters. The molecule has 0 spiro atoms. The lowest BCUT2D eigenvalue weighted by Crippen LogP contribution is -2.25. The van der Waals surface area contributed by atoms with E-state index in [2.05, 4.69) is 23.9 Å². The fraction of sp³-hybridized carbons (Fsp3) is 0.600. The monoisotopic (exact) mass is 312 g/mol. The molecule has 118 valence electrons. The van der Waals surface area contributed by atoms with E-state index in [1.807, 2.05) is 12.1 Å². The summed E-state index contributed by atoms with van der Waals surface area (Å²) < 4.78 is 32.1. The van der Waals surface area contributed by atoms with Gasteiger partial charge in [0.2, 0.25) is 10.0 Å². The van der Waals surface area contributed by atoms with Gasteiger partial charge in [-0.1, -0.05) is 19.1 Å². The Balaban J connectivity index is 1.95. The standard InChI is InChI=1S/C15H24N2O3S/c1-3-16-12(2)13-6-8-14(9-7-13)17-21(18,19)11-15-5-4-10-20-15/h6-9,12,15-17H,3-5,10-11H2,1-2H3. The molecule has 1 heterocycles. The molecule has 1 aliphatic heterocycles. The molecule has 0 aromatic heterocycles. The first-order chi connectivity index (χ1) is 10.00. The van der Waals surface area contributed by atoms with Crippen LogP contribution in [-0.2, 0) is 14.8 Å². The zero-order chi connectivity index (χ0) is 15.3. The number of nitrogens with one attached hydrogen (secondary N) is 2. The summed E-state index contributed by atoms with van der Waals surface area (Å²) in [6.07, 6.45) is 1.59. The average molecular weight is 312 g/mol. The molecule has 5 nitrogen and oxygen atoms in total. The Hall–Kier alpha value is -1.11. The number of hydrogen-bond acceptors (Lipinski definition) is 4. The van der Waals surface area contributed by atoms with Gasteiger partial charge >= 0.3 is 0 Å². The Morgan fingerprint density at radius 3 is 2.62 bits per heavy atom. The van der Waals surface area contributed by atoms with Crippen LogP contribution in [0.2, 0.25) is 0 Å². The van der Waals surface area contributed by atoms with Crippen molar-refractivity contribution < 1.29 is 13.2 Å². The molecule has 2 atom stereocenters. The fourth-order valence-electron chi connectivity index (χ4n) is 2.51. The third-order valence-electron chi connectivity index (χ3n) is 3.62. The SMILES string of the molecule is CCNC(C)c1ccc(NS(=O)(=O)CC2CCCO2)cc1. The summed E-state index contributed by atoms with van der Waals surface area (Å²) in [7, 11) is -3.35. The van der Waals surface area contributed by atoms with Crippen LogP contribution in [0.5, 0.6) is 0 Å². The predicted molar refractivity (Wildman–Crippen MR) is 84.9 cm³/mol. The van der Waals surface area contributed by atoms with Gasteiger partial charge in [-0.3, -0.25) is 4.72 Å². The van der Waals surface area contributed by atoms with E-state index in [9.17, 15) is 8.42 Å². The molecule has 1 saturated heterocycles. The van der Waals surface area contributed by atoms with Gasteiger partial charge < -0.3 is 10.1 Å². The van der Waals surface area contributed by atoms with Gasteiger partial charge in [0.25, 0.3) is 0 Å². The summed E-state index contributed by atoms with van der Waals surface area (Å²) in [6, 6.07) is 7.74. The molecule has 1 fully saturated rings. The van der Waals surface area contributed by atoms with Gasteiger partial charge in [0, 0.05) is 18.3 Å². The number of sulfonamides is 1. The first kappa shape index (κ1) is 16.3. The fourth-order valence-corrected chi connectivity index (χ4v) is 3.84. The Bertz CT molecular complexity index is 537. The maximum absolute atomic E-state index is 12.1. The summed E-state index contributed by atoms with van der Waals surface area (Å²) >= 11 is 0. The first-order valence-corrected chi connectivity index (χ1v) is 9.11. The quantitative estimate of drug-likeness (QED) is 0.810. The van der Waals surface area contributed by atoms with Crippen molar-refractivity contribution in [2.75, 3.05) is 23.6 Å². The van der Waals surface area contributed by atoms with E-state index in [4.69, 9.17) is 4.74 Å². The minimum Gasteiger partial charge on any atom is -0.377 e. The number of ether oxygens (including phenoxy) is 1. The van der Waals surface area contributed by atoms with E-state index in [1.54, 1.807) is 12.1 Å². The van der Waals surface area contributed by atoms with E-state index >= 15 is 0 Å². The van der Waals surface area contributed by atoms with Gasteiger partial charge in [0.05, 0.1) is 11.9 Å². The van der Waals surface area contributed by atoms with Crippen molar-refractivity contribution in [1.82, 2.24) is 5.32 Å². The number of hydrogen-bond donors (Lipinski definition) is 2. The number of rotatable bonds is 7. The van der Waals surface area contributed by atoms with Gasteiger partial charge in [-0.2, -0.15) is 0 Å². The summed E-state index contributed by atoms with van der Waals surface area (Å²) in [5.74, 6) is 0.0303. The highest BCUT2D eigenvalue weighted by Gasteiger charge is 2.23. The third kappa shape index (κ3) is 4.98. The van der Waals surface area contributed by atoms with E-state index in [1.165, 1.54) is 0 Å². The lowest BCUT2D eigenvalue weighted by Gasteiger charge is -2.15. The summed E-state index contributed by atoms with van der Waals surface area (Å²) in [5, 5.41) is 3.32. The highest BCUT2D eigenvalue weighted by Crippen LogP contribution is 2.19. The minimum absolute atomic E-state index is 0.0303. The van der Waals surface area contributed by atoms with E-state index < -0.39 is 10.0 Å². The van der Waals surface area contributed by atoms with Crippen LogP contribution >= 0.6 is 0 Å². The van der Waals surface area contributed by atoms with Crippen molar-refractivity contribution >= 4 is 15.7 Å². The second-order valence-corrected chi connectivity index (χ2v) is 7.19. The maximum atomic E-state index is 12.1. The van der Waals surface area contributed by atoms with Gasteiger partial charge in [-0.05, 0) is 44.0 Å². The molecule has 0 saturated carbocycles. The zero-order valence-electron chi connectivity index (χ0n) is 12.6. The molecule has 0 radical (unpaired) electrons. The summed E-state index contributed by atoms with van der Waals surface area (Å²) in [5.41, 5.74) is 1.74. The molecular weight excluding hydrogens is 288 g/mol. The van der Waals surface area contributed by atoms with Crippen molar-refractivity contribution in [3.8, 4) is 0 Å². The minimum atomic E-state index is -3.35. The van der Waals surface area contributed by atoms with Crippen molar-refractivity contribution in [1.29, 1.82) is 0 Å². The maximum Gasteiger partial charge on any atom is 0.235 e. The van der Waals surface area contributed by atoms with E-state index in [0.29, 0.717) is 12.3 Å². The Kier molecular flexibility index (Phi) is 5.61. The predicted octanol–water partition coefficient (Wildman–Crippen LogP) is 2.28. The molecule has 6 heteroatoms. The molecular formula is C15H24N2O3S. The van der Waals surface area contributed by atoms with Crippen molar-refractivity contribution in [2.24, 2.45) is 0 Å². The van der Waals surface area contributed by atoms with Crippen molar-refractivity contribution in [3.05, 3.63) is 29.8 Å². The van der Waals surface area contributed by atoms with E-state index in [-0.39, 0.29) is 17.9 Å². The Morgan fingerprint density at radius 2 is 2.05 bits per heavy atom. The van der Waals surface area contributed by atoms with Gasteiger partial charge in [-0.25, -0.2) is 8.42 Å². The second-order valence-electron chi connectivity index (χ2n) is 5.42. The third-order valence-corrected chi connectivity index (χ3v) is 4.98. The molecule has 0 amide bonds. The average Bonchev–Trinajstić information content (AvgIpc) is 2.91. The van der Waals surface area contributed by atoms with Gasteiger partial charge in [0.15, 0.2) is 0 Å². The molecule has 21 heavy (non-hydrogen) atoms. The van der Waals surface area contributed by atoms with Crippen molar-refractivity contribution in [2.45, 2.75) is 38.8 Å². The van der Waals surface area contributed by atoms with Crippen LogP contribution in [0.4, 0.5) is 5.69 Å². The van der Waals surface area contributed by atoms with Gasteiger partial charge in [-0.15, -0.1) is 0 Å². The zero-order valence-corrected chi connectivity index (χ0v) is 13.4. The highest BCUT2D eigenvalue weighted by molar-refractivity contribution is 7.92. The Morgan fingerprint density at radius 1 is 1.33 bits per heavy atom. The van der Waals surface area contributed by atoms with Crippen LogP contribution in [-0.4, -0.2) is 33.4 Å². The smallest absolute Gasteiger partial charge is 0.235 e. The molecule has 1 aromatic carbocycles. The van der Waals surface area contributed by atoms with Crippen LogP contribution in [0.3, 0.4) is 0 Å². The second kappa shape index (κ2) is 7.24. The normalized spacial score (nSPS) is 20.4. The van der Waals surface area contributed by atoms with Crippen LogP contribution < -0.4 is 10.0 Å². The van der Waals surface area contributed by atoms with Crippen LogP contribution in [0, 0.1) is 0 Å². The van der Waals surface area contributed by atoms with Crippen LogP contribution in [0.25, 0.3) is 0 Å². The molecule has 2 N–H and O–H groups in total. The topological polar surface area (TPSA) is 67.4 Å². The lowest BCUT2D eigenvalue weighted by atomic mass is 10.1. The van der Waals surface area contributed by atoms with E-state index in [0.717, 1.165) is 24.9 Å².